The minimum atomic E-state index is -1.00. The summed E-state index contributed by atoms with van der Waals surface area (Å²) >= 11 is 0. The molecule has 0 aliphatic rings. The second kappa shape index (κ2) is 6.10. The summed E-state index contributed by atoms with van der Waals surface area (Å²) in [6, 6.07) is 4.47. The summed E-state index contributed by atoms with van der Waals surface area (Å²) in [6.07, 6.45) is -0.0757. The van der Waals surface area contributed by atoms with Crippen LogP contribution in [0, 0.1) is 0 Å². The van der Waals surface area contributed by atoms with Crippen molar-refractivity contribution in [2.24, 2.45) is 0 Å². The predicted octanol–water partition coefficient (Wildman–Crippen LogP) is 1.81. The van der Waals surface area contributed by atoms with Crippen molar-refractivity contribution in [1.82, 2.24) is 0 Å². The first-order valence-electron chi connectivity index (χ1n) is 5.15. The maximum absolute atomic E-state index is 10.8. The van der Waals surface area contributed by atoms with Crippen LogP contribution in [0.4, 0.5) is 0 Å². The van der Waals surface area contributed by atoms with Crippen LogP contribution in [-0.4, -0.2) is 38.0 Å². The van der Waals surface area contributed by atoms with E-state index >= 15 is 0 Å². The lowest BCUT2D eigenvalue weighted by atomic mass is 10.2. The van der Waals surface area contributed by atoms with E-state index in [-0.39, 0.29) is 11.7 Å². The van der Waals surface area contributed by atoms with Gasteiger partial charge in [-0.25, -0.2) is 4.79 Å². The van der Waals surface area contributed by atoms with Crippen molar-refractivity contribution in [1.29, 1.82) is 0 Å². The Bertz CT molecular complexity index is 388. The smallest absolute Gasteiger partial charge is 0.335 e. The summed E-state index contributed by atoms with van der Waals surface area (Å²) < 4.78 is 15.6. The molecule has 0 bridgehead atoms. The van der Waals surface area contributed by atoms with Gasteiger partial charge in [0.15, 0.2) is 11.5 Å². The van der Waals surface area contributed by atoms with Gasteiger partial charge in [0.1, 0.15) is 6.61 Å². The molecule has 1 N–H and O–H groups in total. The standard InChI is InChI=1S/C12H16O5/c1-8(15-2)7-17-11-6-9(12(13)14)4-5-10(11)16-3/h4-6,8H,7H2,1-3H3,(H,13,14). The highest BCUT2D eigenvalue weighted by Gasteiger charge is 2.11. The van der Waals surface area contributed by atoms with Crippen molar-refractivity contribution in [2.45, 2.75) is 13.0 Å². The molecular formula is C12H16O5. The molecule has 1 rings (SSSR count). The molecule has 0 fully saturated rings. The van der Waals surface area contributed by atoms with Gasteiger partial charge in [-0.05, 0) is 25.1 Å². The van der Waals surface area contributed by atoms with Gasteiger partial charge in [0.2, 0.25) is 0 Å². The number of carboxylic acid groups (broad SMARTS) is 1. The number of methoxy groups -OCH3 is 2. The number of hydrogen-bond acceptors (Lipinski definition) is 4. The van der Waals surface area contributed by atoms with Gasteiger partial charge >= 0.3 is 5.97 Å². The number of carbonyl (C=O) groups is 1. The van der Waals surface area contributed by atoms with Gasteiger partial charge in [0.25, 0.3) is 0 Å². The zero-order valence-electron chi connectivity index (χ0n) is 10.1. The van der Waals surface area contributed by atoms with Gasteiger partial charge in [-0.3, -0.25) is 0 Å². The molecule has 1 atom stereocenters. The predicted molar refractivity (Wildman–Crippen MR) is 61.9 cm³/mol. The average molecular weight is 240 g/mol. The lowest BCUT2D eigenvalue weighted by molar-refractivity contribution is 0.0685. The fourth-order valence-electron chi connectivity index (χ4n) is 1.20. The molecule has 1 aromatic rings. The topological polar surface area (TPSA) is 65.0 Å². The normalized spacial score (nSPS) is 11.9. The molecule has 0 aliphatic heterocycles. The highest BCUT2D eigenvalue weighted by Crippen LogP contribution is 2.28. The molecule has 0 aromatic heterocycles. The number of carboxylic acids is 1. The van der Waals surface area contributed by atoms with Crippen molar-refractivity contribution >= 4 is 5.97 Å². The van der Waals surface area contributed by atoms with E-state index in [0.717, 1.165) is 0 Å². The molecule has 0 amide bonds. The van der Waals surface area contributed by atoms with Gasteiger partial charge in [0, 0.05) is 7.11 Å². The van der Waals surface area contributed by atoms with Gasteiger partial charge in [-0.2, -0.15) is 0 Å². The maximum Gasteiger partial charge on any atom is 0.335 e. The number of ether oxygens (including phenoxy) is 3. The zero-order chi connectivity index (χ0) is 12.8. The molecule has 94 valence electrons. The van der Waals surface area contributed by atoms with E-state index in [1.54, 1.807) is 13.2 Å². The first kappa shape index (κ1) is 13.3. The van der Waals surface area contributed by atoms with E-state index < -0.39 is 5.97 Å². The van der Waals surface area contributed by atoms with Crippen molar-refractivity contribution in [3.63, 3.8) is 0 Å². The molecule has 1 unspecified atom stereocenters. The van der Waals surface area contributed by atoms with Crippen LogP contribution in [0.1, 0.15) is 17.3 Å². The first-order chi connectivity index (χ1) is 8.08. The Kier molecular flexibility index (Phi) is 4.78. The van der Waals surface area contributed by atoms with Crippen LogP contribution in [0.3, 0.4) is 0 Å². The second-order valence-electron chi connectivity index (χ2n) is 3.53. The van der Waals surface area contributed by atoms with Crippen LogP contribution in [0.15, 0.2) is 18.2 Å². The number of benzene rings is 1. The first-order valence-corrected chi connectivity index (χ1v) is 5.15. The highest BCUT2D eigenvalue weighted by molar-refractivity contribution is 5.88. The Morgan fingerprint density at radius 1 is 1.35 bits per heavy atom. The van der Waals surface area contributed by atoms with Gasteiger partial charge in [-0.1, -0.05) is 0 Å². The third-order valence-electron chi connectivity index (χ3n) is 2.29. The summed E-state index contributed by atoms with van der Waals surface area (Å²) in [5.74, 6) is -0.105. The SMILES string of the molecule is COc1ccc(C(=O)O)cc1OCC(C)OC. The molecule has 0 saturated carbocycles. The lowest BCUT2D eigenvalue weighted by Crippen LogP contribution is -2.16. The summed E-state index contributed by atoms with van der Waals surface area (Å²) in [5.41, 5.74) is 0.158. The van der Waals surface area contributed by atoms with E-state index in [9.17, 15) is 4.79 Å². The Morgan fingerprint density at radius 3 is 2.59 bits per heavy atom. The molecule has 5 heteroatoms. The molecule has 0 heterocycles. The molecule has 5 nitrogen and oxygen atoms in total. The zero-order valence-corrected chi connectivity index (χ0v) is 10.1. The van der Waals surface area contributed by atoms with Crippen LogP contribution in [0.2, 0.25) is 0 Å². The van der Waals surface area contributed by atoms with Gasteiger partial charge in [0.05, 0.1) is 18.8 Å². The average Bonchev–Trinajstić information content (AvgIpc) is 2.35. The fourth-order valence-corrected chi connectivity index (χ4v) is 1.20. The lowest BCUT2D eigenvalue weighted by Gasteiger charge is -2.14. The molecular weight excluding hydrogens is 224 g/mol. The van der Waals surface area contributed by atoms with Crippen LogP contribution < -0.4 is 9.47 Å². The quantitative estimate of drug-likeness (QED) is 0.821. The Morgan fingerprint density at radius 2 is 2.06 bits per heavy atom. The Labute approximate surface area is 99.9 Å². The van der Waals surface area contributed by atoms with Gasteiger partial charge < -0.3 is 19.3 Å². The van der Waals surface area contributed by atoms with Crippen LogP contribution in [0.25, 0.3) is 0 Å². The largest absolute Gasteiger partial charge is 0.493 e. The highest BCUT2D eigenvalue weighted by atomic mass is 16.5. The third-order valence-corrected chi connectivity index (χ3v) is 2.29. The van der Waals surface area contributed by atoms with E-state index in [1.807, 2.05) is 6.92 Å². The maximum atomic E-state index is 10.8. The van der Waals surface area contributed by atoms with Crippen LogP contribution in [-0.2, 0) is 4.74 Å². The van der Waals surface area contributed by atoms with E-state index in [1.165, 1.54) is 19.2 Å². The summed E-state index contributed by atoms with van der Waals surface area (Å²) in [6.45, 7) is 2.18. The molecule has 17 heavy (non-hydrogen) atoms. The van der Waals surface area contributed by atoms with E-state index in [4.69, 9.17) is 19.3 Å². The van der Waals surface area contributed by atoms with E-state index in [0.29, 0.717) is 18.1 Å². The van der Waals surface area contributed by atoms with E-state index in [2.05, 4.69) is 0 Å². The third kappa shape index (κ3) is 3.64. The fraction of sp³-hybridized carbons (Fsp3) is 0.417. The Balaban J connectivity index is 2.86. The Hall–Kier alpha value is -1.75. The monoisotopic (exact) mass is 240 g/mol. The number of aromatic carboxylic acids is 1. The minimum Gasteiger partial charge on any atom is -0.493 e. The summed E-state index contributed by atoms with van der Waals surface area (Å²) in [7, 11) is 3.08. The van der Waals surface area contributed by atoms with Gasteiger partial charge in [-0.15, -0.1) is 0 Å². The molecule has 0 aliphatic carbocycles. The summed E-state index contributed by atoms with van der Waals surface area (Å²) in [5, 5.41) is 8.88. The summed E-state index contributed by atoms with van der Waals surface area (Å²) in [4.78, 5) is 10.8. The van der Waals surface area contributed by atoms with Crippen LogP contribution >= 0.6 is 0 Å². The van der Waals surface area contributed by atoms with Crippen LogP contribution in [0.5, 0.6) is 11.5 Å². The van der Waals surface area contributed by atoms with Crippen molar-refractivity contribution < 1.29 is 24.1 Å². The van der Waals surface area contributed by atoms with Crippen molar-refractivity contribution in [2.75, 3.05) is 20.8 Å². The molecule has 1 aromatic carbocycles. The second-order valence-corrected chi connectivity index (χ2v) is 3.53. The number of rotatable bonds is 6. The minimum absolute atomic E-state index is 0.0757. The molecule has 0 radical (unpaired) electrons. The number of hydrogen-bond donors (Lipinski definition) is 1. The molecule has 0 spiro atoms. The van der Waals surface area contributed by atoms with Crippen molar-refractivity contribution in [3.8, 4) is 11.5 Å². The van der Waals surface area contributed by atoms with Crippen molar-refractivity contribution in [3.05, 3.63) is 23.8 Å². The molecule has 0 saturated heterocycles.